The third kappa shape index (κ3) is 11.2. The Morgan fingerprint density at radius 3 is 1.35 bits per heavy atom. The van der Waals surface area contributed by atoms with E-state index in [-0.39, 0.29) is 11.5 Å². The summed E-state index contributed by atoms with van der Waals surface area (Å²) >= 11 is 0. The van der Waals surface area contributed by atoms with Gasteiger partial charge in [-0.3, -0.25) is 15.0 Å². The van der Waals surface area contributed by atoms with Gasteiger partial charge in [0.1, 0.15) is 28.2 Å². The van der Waals surface area contributed by atoms with Gasteiger partial charge in [-0.2, -0.15) is 18.3 Å². The molecular weight excluding hydrogens is 939 g/mol. The minimum atomic E-state index is -0.0620. The summed E-state index contributed by atoms with van der Waals surface area (Å²) in [5, 5.41) is 4.89. The van der Waals surface area contributed by atoms with Crippen LogP contribution in [-0.2, 0) is 34.6 Å². The molecule has 4 aromatic heterocycles. The lowest BCUT2D eigenvalue weighted by molar-refractivity contribution is -0.664. The van der Waals surface area contributed by atoms with E-state index in [0.717, 1.165) is 75.4 Å². The van der Waals surface area contributed by atoms with E-state index in [1.54, 1.807) is 0 Å². The van der Waals surface area contributed by atoms with E-state index in [1.807, 2.05) is 12.4 Å². The highest BCUT2D eigenvalue weighted by molar-refractivity contribution is 6.00. The lowest BCUT2D eigenvalue weighted by Crippen LogP contribution is -2.39. The summed E-state index contributed by atoms with van der Waals surface area (Å²) in [7, 11) is 8.76. The molecule has 0 amide bonds. The van der Waals surface area contributed by atoms with Crippen molar-refractivity contribution >= 4 is 79.2 Å². The molecule has 7 nitrogen and oxygen atoms in total. The molecule has 4 heterocycles. The molecule has 6 aromatic carbocycles. The number of aliphatic imine (C=N–C) groups is 3. The van der Waals surface area contributed by atoms with Gasteiger partial charge in [-0.15, -0.1) is 0 Å². The number of hydrogen-bond acceptors (Lipinski definition) is 3. The predicted molar refractivity (Wildman–Crippen MR) is 324 cm³/mol. The Hall–Kier alpha value is -8.55. The van der Waals surface area contributed by atoms with Gasteiger partial charge in [0.15, 0.2) is 5.69 Å². The van der Waals surface area contributed by atoms with E-state index < -0.39 is 0 Å². The Morgan fingerprint density at radius 1 is 0.481 bits per heavy atom. The quantitative estimate of drug-likeness (QED) is 0.0451. The van der Waals surface area contributed by atoms with Gasteiger partial charge in [0.25, 0.3) is 22.1 Å². The highest BCUT2D eigenvalue weighted by atomic mass is 15.0. The molecule has 0 aliphatic heterocycles. The van der Waals surface area contributed by atoms with Crippen molar-refractivity contribution in [3.8, 4) is 33.6 Å². The molecule has 10 aromatic rings. The first-order valence-corrected chi connectivity index (χ1v) is 27.2. The number of fused-ring (bicyclic) bond motifs is 6. The molecule has 0 saturated carbocycles. The molecule has 382 valence electrons. The van der Waals surface area contributed by atoms with Crippen molar-refractivity contribution in [2.24, 2.45) is 49.1 Å². The van der Waals surface area contributed by atoms with Crippen LogP contribution >= 0.6 is 0 Å². The van der Waals surface area contributed by atoms with E-state index in [0.29, 0.717) is 0 Å². The molecule has 1 atom stereocenters. The van der Waals surface area contributed by atoms with Crippen LogP contribution in [0.5, 0.6) is 0 Å². The van der Waals surface area contributed by atoms with Gasteiger partial charge in [-0.05, 0) is 153 Å². The standard InChI is InChI=1S/C70H71N7/c1-11-14-51(12-2)63-42-34-58-27-28-59-36-44-65(77(10)69(59)68(58)75(63)8)55-23-19-50(20-24-55)47-72-61-39-31-53(32-40-61)52-29-37-60(38-30-52)71-46-49-17-21-54(22-18-49)64-43-35-57-26-25-56-33-41-62(74(7)66(56)67(57)76(64)9)16-13-15-48(3)45-73-70(4,5)6/h13-15,17-48H,11-12,16H2,1-10H3/q+4/b15-13-,51-14+,73-45?. The largest absolute Gasteiger partial charge is 0.291 e. The Morgan fingerprint density at radius 2 is 0.896 bits per heavy atom. The highest BCUT2D eigenvalue weighted by Crippen LogP contribution is 2.29. The third-order valence-corrected chi connectivity index (χ3v) is 14.8. The zero-order chi connectivity index (χ0) is 53.8. The van der Waals surface area contributed by atoms with Gasteiger partial charge in [-0.25, -0.2) is 0 Å². The Balaban J connectivity index is 0.787. The minimum absolute atomic E-state index is 0.0620. The van der Waals surface area contributed by atoms with Gasteiger partial charge in [0.2, 0.25) is 17.1 Å². The molecule has 0 radical (unpaired) electrons. The molecule has 0 saturated heterocycles. The lowest BCUT2D eigenvalue weighted by atomic mass is 10.0. The van der Waals surface area contributed by atoms with E-state index >= 15 is 0 Å². The molecule has 77 heavy (non-hydrogen) atoms. The number of aryl methyl sites for hydroxylation is 4. The third-order valence-electron chi connectivity index (χ3n) is 14.8. The summed E-state index contributed by atoms with van der Waals surface area (Å²) < 4.78 is 9.41. The van der Waals surface area contributed by atoms with Crippen LogP contribution < -0.4 is 18.3 Å². The second-order valence-electron chi connectivity index (χ2n) is 21.4. The topological polar surface area (TPSA) is 52.6 Å². The van der Waals surface area contributed by atoms with E-state index in [9.17, 15) is 0 Å². The Bertz CT molecular complexity index is 3970. The Labute approximate surface area is 454 Å². The second-order valence-corrected chi connectivity index (χ2v) is 21.4. The molecule has 0 fully saturated rings. The average Bonchev–Trinajstić information content (AvgIpc) is 3.49. The van der Waals surface area contributed by atoms with Crippen LogP contribution in [0.4, 0.5) is 11.4 Å². The summed E-state index contributed by atoms with van der Waals surface area (Å²) in [6.45, 7) is 13.0. The summed E-state index contributed by atoms with van der Waals surface area (Å²) in [4.78, 5) is 14.4. The summed E-state index contributed by atoms with van der Waals surface area (Å²) in [6, 6.07) is 61.1. The molecule has 1 unspecified atom stereocenters. The maximum Gasteiger partial charge on any atom is 0.285 e. The van der Waals surface area contributed by atoms with E-state index in [4.69, 9.17) is 15.0 Å². The van der Waals surface area contributed by atoms with Crippen LogP contribution in [0.25, 0.3) is 82.8 Å². The van der Waals surface area contributed by atoms with Crippen LogP contribution in [0.15, 0.2) is 203 Å². The van der Waals surface area contributed by atoms with Crippen molar-refractivity contribution in [1.82, 2.24) is 0 Å². The average molecular weight is 1010 g/mol. The van der Waals surface area contributed by atoms with Crippen LogP contribution in [-0.4, -0.2) is 24.2 Å². The van der Waals surface area contributed by atoms with Crippen LogP contribution in [0.1, 0.15) is 76.9 Å². The zero-order valence-electron chi connectivity index (χ0n) is 46.5. The van der Waals surface area contributed by atoms with Crippen molar-refractivity contribution < 1.29 is 18.3 Å². The molecule has 0 aliphatic rings. The fraction of sp³-hybridized carbons (Fsp3) is 0.214. The lowest BCUT2D eigenvalue weighted by Gasteiger charge is -2.11. The van der Waals surface area contributed by atoms with Gasteiger partial charge in [0, 0.05) is 65.5 Å². The Kier molecular flexibility index (Phi) is 15.1. The summed E-state index contributed by atoms with van der Waals surface area (Å²) in [5.41, 5.74) is 19.6. The smallest absolute Gasteiger partial charge is 0.285 e. The highest BCUT2D eigenvalue weighted by Gasteiger charge is 2.26. The molecular formula is C70H71N7+4. The number of benzene rings is 6. The van der Waals surface area contributed by atoms with E-state index in [1.165, 1.54) is 60.6 Å². The predicted octanol–water partition coefficient (Wildman–Crippen LogP) is 14.9. The molecule has 7 heteroatoms. The normalized spacial score (nSPS) is 13.0. The molecule has 0 aliphatic carbocycles. The fourth-order valence-electron chi connectivity index (χ4n) is 10.6. The van der Waals surface area contributed by atoms with Crippen LogP contribution in [0, 0.1) is 5.92 Å². The van der Waals surface area contributed by atoms with Crippen molar-refractivity contribution in [3.63, 3.8) is 0 Å². The zero-order valence-corrected chi connectivity index (χ0v) is 46.5. The van der Waals surface area contributed by atoms with E-state index in [2.05, 4.69) is 282 Å². The minimum Gasteiger partial charge on any atom is -0.291 e. The number of allylic oxidation sites excluding steroid dienone is 4. The van der Waals surface area contributed by atoms with Gasteiger partial charge < -0.3 is 0 Å². The van der Waals surface area contributed by atoms with Crippen LogP contribution in [0.2, 0.25) is 0 Å². The maximum absolute atomic E-state index is 4.84. The summed E-state index contributed by atoms with van der Waals surface area (Å²) in [5.74, 6) is 0.280. The number of nitrogens with zero attached hydrogens (tertiary/aromatic N) is 7. The van der Waals surface area contributed by atoms with Gasteiger partial charge in [0.05, 0.1) is 44.9 Å². The van der Waals surface area contributed by atoms with Crippen LogP contribution in [0.3, 0.4) is 0 Å². The fourth-order valence-corrected chi connectivity index (χ4v) is 10.6. The summed E-state index contributed by atoms with van der Waals surface area (Å²) in [6.07, 6.45) is 15.7. The SMILES string of the molecule is CC/C=C(\CC)c1ccc2ccc3ccc(-c4ccc(C=Nc5ccc(-c6ccc(N=Cc7ccc(-c8ccc9ccc%10ccc(C/C=C\C(C)C=NC(C)(C)C)[n+](C)c%10c9[n+]8C)cc7)cc6)cc5)cc4)[n+](C)c3c2[n+]1C. The van der Waals surface area contributed by atoms with Crippen molar-refractivity contribution in [2.45, 2.75) is 66.3 Å². The maximum atomic E-state index is 4.84. The van der Waals surface area contributed by atoms with Crippen molar-refractivity contribution in [2.75, 3.05) is 0 Å². The number of pyridine rings is 4. The van der Waals surface area contributed by atoms with Gasteiger partial charge in [-0.1, -0.05) is 87.5 Å². The number of rotatable bonds is 14. The number of aromatic nitrogens is 4. The molecule has 0 N–H and O–H groups in total. The number of hydrogen-bond donors (Lipinski definition) is 0. The monoisotopic (exact) mass is 1010 g/mol. The second kappa shape index (κ2) is 22.3. The van der Waals surface area contributed by atoms with Gasteiger partial charge >= 0.3 is 0 Å². The first-order valence-electron chi connectivity index (χ1n) is 27.2. The van der Waals surface area contributed by atoms with Crippen molar-refractivity contribution in [3.05, 3.63) is 211 Å². The molecule has 0 spiro atoms. The van der Waals surface area contributed by atoms with Crippen molar-refractivity contribution in [1.29, 1.82) is 0 Å². The first-order chi connectivity index (χ1) is 37.3. The first kappa shape index (κ1) is 51.9. The molecule has 10 rings (SSSR count). The molecule has 0 bridgehead atoms.